The Morgan fingerprint density at radius 3 is 2.43 bits per heavy atom. The number of hydrogen-bond donors (Lipinski definition) is 1. The van der Waals surface area contributed by atoms with Crippen molar-refractivity contribution in [2.45, 2.75) is 37.3 Å². The highest BCUT2D eigenvalue weighted by atomic mass is 32.2. The van der Waals surface area contributed by atoms with Gasteiger partial charge in [0.25, 0.3) is 0 Å². The van der Waals surface area contributed by atoms with E-state index in [2.05, 4.69) is 0 Å². The van der Waals surface area contributed by atoms with Gasteiger partial charge in [-0.3, -0.25) is 0 Å². The van der Waals surface area contributed by atoms with Gasteiger partial charge in [-0.05, 0) is 30.5 Å². The third-order valence-electron chi connectivity index (χ3n) is 4.41. The number of nitrogens with two attached hydrogens (primary N) is 1. The molecule has 1 aliphatic heterocycles. The largest absolute Gasteiger partial charge is 0.493 e. The zero-order valence-electron chi connectivity index (χ0n) is 12.2. The Bertz CT molecular complexity index is 623. The molecule has 0 unspecified atom stereocenters. The van der Waals surface area contributed by atoms with Crippen LogP contribution < -0.4 is 15.2 Å². The van der Waals surface area contributed by atoms with Crippen LogP contribution in [0.15, 0.2) is 18.2 Å². The van der Waals surface area contributed by atoms with Gasteiger partial charge in [-0.25, -0.2) is 8.42 Å². The molecule has 3 rings (SSSR count). The Kier molecular flexibility index (Phi) is 3.61. The van der Waals surface area contributed by atoms with Crippen LogP contribution in [-0.4, -0.2) is 33.1 Å². The fourth-order valence-electron chi connectivity index (χ4n) is 3.14. The lowest BCUT2D eigenvalue weighted by Crippen LogP contribution is -2.45. The minimum Gasteiger partial charge on any atom is -0.493 e. The maximum atomic E-state index is 11.2. The molecule has 0 aromatic heterocycles. The zero-order valence-corrected chi connectivity index (χ0v) is 13.0. The summed E-state index contributed by atoms with van der Waals surface area (Å²) >= 11 is 0. The summed E-state index contributed by atoms with van der Waals surface area (Å²) in [5.74, 6) is 1.36. The molecule has 116 valence electrons. The summed E-state index contributed by atoms with van der Waals surface area (Å²) in [5, 5.41) is 0. The van der Waals surface area contributed by atoms with Crippen LogP contribution in [0, 0.1) is 0 Å². The number of ether oxygens (including phenoxy) is 2. The Morgan fingerprint density at radius 2 is 1.86 bits per heavy atom. The minimum atomic E-state index is -2.90. The number of methoxy groups -OCH3 is 1. The second kappa shape index (κ2) is 5.18. The molecule has 0 bridgehead atoms. The predicted octanol–water partition coefficient (Wildman–Crippen LogP) is 1.60. The second-order valence-corrected chi connectivity index (χ2v) is 8.20. The molecule has 21 heavy (non-hydrogen) atoms. The SMILES string of the molecule is COc1ccc(C2(N)CCCC2)cc1OC1CS(=O)(=O)C1. The van der Waals surface area contributed by atoms with Gasteiger partial charge in [-0.15, -0.1) is 0 Å². The molecule has 1 saturated heterocycles. The first-order valence-electron chi connectivity index (χ1n) is 7.26. The predicted molar refractivity (Wildman–Crippen MR) is 80.4 cm³/mol. The average Bonchev–Trinajstić information content (AvgIpc) is 2.85. The van der Waals surface area contributed by atoms with Crippen LogP contribution in [-0.2, 0) is 15.4 Å². The van der Waals surface area contributed by atoms with Crippen molar-refractivity contribution < 1.29 is 17.9 Å². The monoisotopic (exact) mass is 311 g/mol. The van der Waals surface area contributed by atoms with Crippen LogP contribution in [0.1, 0.15) is 31.2 Å². The van der Waals surface area contributed by atoms with E-state index in [-0.39, 0.29) is 23.1 Å². The van der Waals surface area contributed by atoms with E-state index in [4.69, 9.17) is 15.2 Å². The van der Waals surface area contributed by atoms with Crippen LogP contribution in [0.25, 0.3) is 0 Å². The summed E-state index contributed by atoms with van der Waals surface area (Å²) in [6, 6.07) is 5.74. The van der Waals surface area contributed by atoms with Crippen molar-refractivity contribution in [1.29, 1.82) is 0 Å². The highest BCUT2D eigenvalue weighted by Crippen LogP contribution is 2.40. The first kappa shape index (κ1) is 14.7. The van der Waals surface area contributed by atoms with Crippen LogP contribution in [0.2, 0.25) is 0 Å². The number of rotatable bonds is 4. The van der Waals surface area contributed by atoms with E-state index >= 15 is 0 Å². The summed E-state index contributed by atoms with van der Waals surface area (Å²) < 4.78 is 33.6. The molecule has 1 heterocycles. The molecule has 6 heteroatoms. The highest BCUT2D eigenvalue weighted by molar-refractivity contribution is 7.92. The lowest BCUT2D eigenvalue weighted by Gasteiger charge is -2.29. The van der Waals surface area contributed by atoms with E-state index in [1.807, 2.05) is 18.2 Å². The van der Waals surface area contributed by atoms with Crippen molar-refractivity contribution in [3.63, 3.8) is 0 Å². The van der Waals surface area contributed by atoms with E-state index in [0.29, 0.717) is 11.5 Å². The Balaban J connectivity index is 1.84. The topological polar surface area (TPSA) is 78.6 Å². The third kappa shape index (κ3) is 2.87. The van der Waals surface area contributed by atoms with Crippen molar-refractivity contribution in [3.8, 4) is 11.5 Å². The average molecular weight is 311 g/mol. The fraction of sp³-hybridized carbons (Fsp3) is 0.600. The van der Waals surface area contributed by atoms with E-state index in [1.54, 1.807) is 7.11 Å². The molecule has 0 amide bonds. The fourth-order valence-corrected chi connectivity index (χ4v) is 4.31. The van der Waals surface area contributed by atoms with Crippen LogP contribution in [0.5, 0.6) is 11.5 Å². The summed E-state index contributed by atoms with van der Waals surface area (Å²) in [7, 11) is -1.32. The molecule has 0 spiro atoms. The van der Waals surface area contributed by atoms with Crippen molar-refractivity contribution in [2.24, 2.45) is 5.73 Å². The van der Waals surface area contributed by atoms with Gasteiger partial charge in [0.2, 0.25) is 0 Å². The van der Waals surface area contributed by atoms with Gasteiger partial charge in [0.05, 0.1) is 18.6 Å². The van der Waals surface area contributed by atoms with E-state index in [1.165, 1.54) is 0 Å². The molecule has 1 aromatic rings. The first-order valence-corrected chi connectivity index (χ1v) is 9.08. The molecule has 0 atom stereocenters. The number of benzene rings is 1. The third-order valence-corrected chi connectivity index (χ3v) is 6.17. The van der Waals surface area contributed by atoms with E-state index in [9.17, 15) is 8.42 Å². The molecular weight excluding hydrogens is 290 g/mol. The summed E-state index contributed by atoms with van der Waals surface area (Å²) in [4.78, 5) is 0. The maximum absolute atomic E-state index is 11.2. The van der Waals surface area contributed by atoms with Crippen LogP contribution in [0.3, 0.4) is 0 Å². The summed E-state index contributed by atoms with van der Waals surface area (Å²) in [6.07, 6.45) is 3.93. The molecule has 2 N–H and O–H groups in total. The molecule has 2 fully saturated rings. The number of sulfone groups is 1. The van der Waals surface area contributed by atoms with Gasteiger partial charge < -0.3 is 15.2 Å². The standard InChI is InChI=1S/C15H21NO4S/c1-19-13-5-4-11(15(16)6-2-3-7-15)8-14(13)20-12-9-21(17,18)10-12/h4-5,8,12H,2-3,6-7,9-10,16H2,1H3. The maximum Gasteiger partial charge on any atom is 0.162 e. The normalized spacial score (nSPS) is 23.5. The quantitative estimate of drug-likeness (QED) is 0.913. The minimum absolute atomic E-state index is 0.0775. The molecule has 0 radical (unpaired) electrons. The summed E-state index contributed by atoms with van der Waals surface area (Å²) in [5.41, 5.74) is 7.21. The van der Waals surface area contributed by atoms with Gasteiger partial charge in [0.15, 0.2) is 21.3 Å². The lowest BCUT2D eigenvalue weighted by atomic mass is 9.89. The van der Waals surface area contributed by atoms with E-state index in [0.717, 1.165) is 31.2 Å². The first-order chi connectivity index (χ1) is 9.92. The highest BCUT2D eigenvalue weighted by Gasteiger charge is 2.36. The molecule has 1 saturated carbocycles. The molecular formula is C15H21NO4S. The van der Waals surface area contributed by atoms with Gasteiger partial charge in [-0.2, -0.15) is 0 Å². The van der Waals surface area contributed by atoms with Crippen molar-refractivity contribution in [3.05, 3.63) is 23.8 Å². The van der Waals surface area contributed by atoms with Gasteiger partial charge in [-0.1, -0.05) is 18.9 Å². The van der Waals surface area contributed by atoms with Gasteiger partial charge >= 0.3 is 0 Å². The Labute approximate surface area is 125 Å². The second-order valence-electron chi connectivity index (χ2n) is 6.05. The molecule has 2 aliphatic rings. The van der Waals surface area contributed by atoms with Crippen molar-refractivity contribution in [2.75, 3.05) is 18.6 Å². The zero-order chi connectivity index (χ0) is 15.1. The molecule has 1 aliphatic carbocycles. The lowest BCUT2D eigenvalue weighted by molar-refractivity contribution is 0.219. The Hall–Kier alpha value is -1.27. The number of hydrogen-bond acceptors (Lipinski definition) is 5. The Morgan fingerprint density at radius 1 is 1.19 bits per heavy atom. The van der Waals surface area contributed by atoms with Crippen molar-refractivity contribution >= 4 is 9.84 Å². The molecule has 5 nitrogen and oxygen atoms in total. The van der Waals surface area contributed by atoms with Crippen molar-refractivity contribution in [1.82, 2.24) is 0 Å². The van der Waals surface area contributed by atoms with E-state index < -0.39 is 9.84 Å². The van der Waals surface area contributed by atoms with Crippen LogP contribution >= 0.6 is 0 Å². The summed E-state index contributed by atoms with van der Waals surface area (Å²) in [6.45, 7) is 0. The molecule has 1 aromatic carbocycles. The van der Waals surface area contributed by atoms with Gasteiger partial charge in [0.1, 0.15) is 6.10 Å². The smallest absolute Gasteiger partial charge is 0.162 e. The van der Waals surface area contributed by atoms with Gasteiger partial charge in [0, 0.05) is 5.54 Å². The van der Waals surface area contributed by atoms with Crippen LogP contribution in [0.4, 0.5) is 0 Å².